The molecular formula is C17H20BrNO. The summed E-state index contributed by atoms with van der Waals surface area (Å²) < 4.78 is 6.35. The summed E-state index contributed by atoms with van der Waals surface area (Å²) >= 11 is 3.47. The minimum absolute atomic E-state index is 0.0796. The van der Waals surface area contributed by atoms with Crippen LogP contribution in [-0.4, -0.2) is 7.11 Å². The lowest BCUT2D eigenvalue weighted by Gasteiger charge is -2.27. The van der Waals surface area contributed by atoms with Crippen molar-refractivity contribution in [1.82, 2.24) is 5.32 Å². The Labute approximate surface area is 129 Å². The van der Waals surface area contributed by atoms with Crippen LogP contribution in [0.25, 0.3) is 0 Å². The maximum absolute atomic E-state index is 5.25. The molecule has 2 nitrogen and oxygen atoms in total. The summed E-state index contributed by atoms with van der Waals surface area (Å²) in [7, 11) is 1.69. The highest BCUT2D eigenvalue weighted by Crippen LogP contribution is 2.23. The molecule has 0 bridgehead atoms. The quantitative estimate of drug-likeness (QED) is 0.870. The van der Waals surface area contributed by atoms with Crippen molar-refractivity contribution in [1.29, 1.82) is 0 Å². The highest BCUT2D eigenvalue weighted by Gasteiger charge is 2.19. The van der Waals surface area contributed by atoms with E-state index in [1.54, 1.807) is 7.11 Å². The van der Waals surface area contributed by atoms with Gasteiger partial charge >= 0.3 is 0 Å². The van der Waals surface area contributed by atoms with Crippen molar-refractivity contribution in [3.63, 3.8) is 0 Å². The average molecular weight is 334 g/mol. The Kier molecular flexibility index (Phi) is 4.84. The first-order chi connectivity index (χ1) is 9.51. The van der Waals surface area contributed by atoms with Crippen molar-refractivity contribution < 1.29 is 4.74 Å². The van der Waals surface area contributed by atoms with Crippen molar-refractivity contribution >= 4 is 15.9 Å². The summed E-state index contributed by atoms with van der Waals surface area (Å²) in [4.78, 5) is 0. The molecule has 106 valence electrons. The molecule has 0 saturated carbocycles. The van der Waals surface area contributed by atoms with Gasteiger partial charge in [0, 0.05) is 16.6 Å². The Morgan fingerprint density at radius 2 is 1.80 bits per heavy atom. The summed E-state index contributed by atoms with van der Waals surface area (Å²) in [6.45, 7) is 5.19. The van der Waals surface area contributed by atoms with Crippen LogP contribution < -0.4 is 10.1 Å². The lowest BCUT2D eigenvalue weighted by molar-refractivity contribution is 0.397. The molecule has 0 unspecified atom stereocenters. The molecule has 0 aromatic heterocycles. The predicted molar refractivity (Wildman–Crippen MR) is 87.0 cm³/mol. The molecule has 0 amide bonds. The van der Waals surface area contributed by atoms with E-state index in [1.807, 2.05) is 12.1 Å². The van der Waals surface area contributed by atoms with E-state index in [1.165, 1.54) is 11.1 Å². The zero-order valence-electron chi connectivity index (χ0n) is 12.1. The number of nitrogens with one attached hydrogen (secondary N) is 1. The van der Waals surface area contributed by atoms with Crippen molar-refractivity contribution in [3.8, 4) is 5.75 Å². The van der Waals surface area contributed by atoms with Crippen molar-refractivity contribution in [2.75, 3.05) is 7.11 Å². The van der Waals surface area contributed by atoms with Crippen LogP contribution in [0.2, 0.25) is 0 Å². The van der Waals surface area contributed by atoms with Crippen LogP contribution in [-0.2, 0) is 12.1 Å². The number of ether oxygens (including phenoxy) is 1. The molecule has 0 spiro atoms. The van der Waals surface area contributed by atoms with Crippen molar-refractivity contribution in [3.05, 3.63) is 64.1 Å². The maximum atomic E-state index is 5.25. The molecule has 0 aliphatic rings. The molecule has 0 saturated heterocycles. The summed E-state index contributed by atoms with van der Waals surface area (Å²) in [6.07, 6.45) is 0. The smallest absolute Gasteiger partial charge is 0.119 e. The first-order valence-electron chi connectivity index (χ1n) is 6.65. The standard InChI is InChI=1S/C17H20BrNO/c1-17(2,14-7-9-15(18)10-8-14)19-12-13-5-4-6-16(11-13)20-3/h4-11,19H,12H2,1-3H3. The monoisotopic (exact) mass is 333 g/mol. The molecule has 0 atom stereocenters. The van der Waals surface area contributed by atoms with Gasteiger partial charge in [-0.2, -0.15) is 0 Å². The van der Waals surface area contributed by atoms with E-state index in [0.717, 1.165) is 16.8 Å². The summed E-state index contributed by atoms with van der Waals surface area (Å²) in [5.41, 5.74) is 2.40. The zero-order chi connectivity index (χ0) is 14.6. The van der Waals surface area contributed by atoms with Crippen LogP contribution in [0.5, 0.6) is 5.75 Å². The zero-order valence-corrected chi connectivity index (χ0v) is 13.7. The number of rotatable bonds is 5. The summed E-state index contributed by atoms with van der Waals surface area (Å²) in [6, 6.07) is 16.6. The fourth-order valence-corrected chi connectivity index (χ4v) is 2.34. The molecule has 2 rings (SSSR count). The molecule has 2 aromatic rings. The Balaban J connectivity index is 2.06. The van der Waals surface area contributed by atoms with Crippen LogP contribution in [0, 0.1) is 0 Å². The topological polar surface area (TPSA) is 21.3 Å². The van der Waals surface area contributed by atoms with Crippen LogP contribution in [0.1, 0.15) is 25.0 Å². The van der Waals surface area contributed by atoms with Gasteiger partial charge in [-0.1, -0.05) is 40.2 Å². The Bertz CT molecular complexity index is 563. The second-order valence-corrected chi connectivity index (χ2v) is 6.25. The predicted octanol–water partition coefficient (Wildman–Crippen LogP) is 4.48. The van der Waals surface area contributed by atoms with Crippen molar-refractivity contribution in [2.45, 2.75) is 25.9 Å². The molecule has 1 N–H and O–H groups in total. The molecule has 0 aliphatic carbocycles. The third-order valence-corrected chi connectivity index (χ3v) is 3.96. The van der Waals surface area contributed by atoms with Gasteiger partial charge in [0.1, 0.15) is 5.75 Å². The van der Waals surface area contributed by atoms with E-state index in [4.69, 9.17) is 4.74 Å². The molecule has 0 fully saturated rings. The van der Waals surface area contributed by atoms with E-state index >= 15 is 0 Å². The van der Waals surface area contributed by atoms with Gasteiger partial charge in [-0.3, -0.25) is 0 Å². The minimum atomic E-state index is -0.0796. The van der Waals surface area contributed by atoms with Gasteiger partial charge in [-0.25, -0.2) is 0 Å². The van der Waals surface area contributed by atoms with E-state index in [2.05, 4.69) is 71.5 Å². The van der Waals surface area contributed by atoms with E-state index in [0.29, 0.717) is 0 Å². The number of hydrogen-bond donors (Lipinski definition) is 1. The highest BCUT2D eigenvalue weighted by molar-refractivity contribution is 9.10. The molecule has 0 radical (unpaired) electrons. The first kappa shape index (κ1) is 15.1. The second kappa shape index (κ2) is 6.42. The first-order valence-corrected chi connectivity index (χ1v) is 7.44. The van der Waals surface area contributed by atoms with E-state index < -0.39 is 0 Å². The molecule has 20 heavy (non-hydrogen) atoms. The van der Waals surface area contributed by atoms with Gasteiger partial charge < -0.3 is 10.1 Å². The van der Waals surface area contributed by atoms with Crippen molar-refractivity contribution in [2.24, 2.45) is 0 Å². The maximum Gasteiger partial charge on any atom is 0.119 e. The molecule has 2 aromatic carbocycles. The van der Waals surface area contributed by atoms with Crippen LogP contribution in [0.15, 0.2) is 53.0 Å². The number of hydrogen-bond acceptors (Lipinski definition) is 2. The van der Waals surface area contributed by atoms with Gasteiger partial charge in [-0.15, -0.1) is 0 Å². The third kappa shape index (κ3) is 3.84. The number of benzene rings is 2. The Hall–Kier alpha value is -1.32. The van der Waals surface area contributed by atoms with Crippen LogP contribution in [0.4, 0.5) is 0 Å². The van der Waals surface area contributed by atoms with Gasteiger partial charge in [0.25, 0.3) is 0 Å². The van der Waals surface area contributed by atoms with Gasteiger partial charge in [0.2, 0.25) is 0 Å². The lowest BCUT2D eigenvalue weighted by atomic mass is 9.94. The van der Waals surface area contributed by atoms with E-state index in [-0.39, 0.29) is 5.54 Å². The lowest BCUT2D eigenvalue weighted by Crippen LogP contribution is -2.35. The average Bonchev–Trinajstić information content (AvgIpc) is 2.46. The highest BCUT2D eigenvalue weighted by atomic mass is 79.9. The normalized spacial score (nSPS) is 11.4. The minimum Gasteiger partial charge on any atom is -0.497 e. The van der Waals surface area contributed by atoms with Gasteiger partial charge in [0.05, 0.1) is 7.11 Å². The SMILES string of the molecule is COc1cccc(CNC(C)(C)c2ccc(Br)cc2)c1. The van der Waals surface area contributed by atoms with Crippen LogP contribution in [0.3, 0.4) is 0 Å². The Morgan fingerprint density at radius 1 is 1.10 bits per heavy atom. The summed E-state index contributed by atoms with van der Waals surface area (Å²) in [5.74, 6) is 0.894. The Morgan fingerprint density at radius 3 is 2.45 bits per heavy atom. The fourth-order valence-electron chi connectivity index (χ4n) is 2.07. The molecule has 3 heteroatoms. The fraction of sp³-hybridized carbons (Fsp3) is 0.294. The van der Waals surface area contributed by atoms with Crippen LogP contribution >= 0.6 is 15.9 Å². The second-order valence-electron chi connectivity index (χ2n) is 5.34. The third-order valence-electron chi connectivity index (χ3n) is 3.43. The number of methoxy groups -OCH3 is 1. The van der Waals surface area contributed by atoms with Gasteiger partial charge in [-0.05, 0) is 49.2 Å². The molecule has 0 aliphatic heterocycles. The van der Waals surface area contributed by atoms with Gasteiger partial charge in [0.15, 0.2) is 0 Å². The molecule has 0 heterocycles. The molecular weight excluding hydrogens is 314 g/mol. The largest absolute Gasteiger partial charge is 0.497 e. The van der Waals surface area contributed by atoms with E-state index in [9.17, 15) is 0 Å². The summed E-state index contributed by atoms with van der Waals surface area (Å²) in [5, 5.41) is 3.59. The number of halogens is 1.